The molecule has 1 aliphatic carbocycles. The van der Waals surface area contributed by atoms with E-state index >= 15 is 0 Å². The quantitative estimate of drug-likeness (QED) is 0.741. The largest absolute Gasteiger partial charge is 0.478 e. The monoisotopic (exact) mass is 295 g/mol. The molecule has 1 saturated carbocycles. The summed E-state index contributed by atoms with van der Waals surface area (Å²) in [6.45, 7) is 6.76. The summed E-state index contributed by atoms with van der Waals surface area (Å²) < 4.78 is 5.26. The van der Waals surface area contributed by atoms with Gasteiger partial charge in [0.15, 0.2) is 0 Å². The highest BCUT2D eigenvalue weighted by Crippen LogP contribution is 2.42. The van der Waals surface area contributed by atoms with E-state index in [9.17, 15) is 19.8 Å². The third-order valence-electron chi connectivity index (χ3n) is 3.46. The molecule has 1 atom stereocenters. The van der Waals surface area contributed by atoms with Crippen molar-refractivity contribution in [2.45, 2.75) is 52.2 Å². The number of aromatic carboxylic acids is 1. The van der Waals surface area contributed by atoms with E-state index in [1.54, 1.807) is 27.7 Å². The Balaban J connectivity index is 2.41. The Morgan fingerprint density at radius 2 is 1.90 bits per heavy atom. The van der Waals surface area contributed by atoms with Crippen LogP contribution in [0.15, 0.2) is 0 Å². The zero-order valence-corrected chi connectivity index (χ0v) is 12.7. The number of aliphatic hydroxyl groups excluding tert-OH is 1. The molecule has 21 heavy (non-hydrogen) atoms. The molecule has 1 fully saturated rings. The van der Waals surface area contributed by atoms with Crippen molar-refractivity contribution in [2.75, 3.05) is 0 Å². The van der Waals surface area contributed by atoms with Gasteiger partial charge in [0.2, 0.25) is 0 Å². The van der Waals surface area contributed by atoms with Crippen LogP contribution < -0.4 is 0 Å². The second-order valence-corrected chi connectivity index (χ2v) is 6.50. The van der Waals surface area contributed by atoms with Gasteiger partial charge in [-0.15, -0.1) is 0 Å². The Bertz CT molecular complexity index is 578. The molecule has 0 bridgehead atoms. The molecule has 1 aromatic heterocycles. The molecular weight excluding hydrogens is 274 g/mol. The second-order valence-electron chi connectivity index (χ2n) is 6.50. The van der Waals surface area contributed by atoms with Gasteiger partial charge < -0.3 is 19.9 Å². The molecule has 6 heteroatoms. The van der Waals surface area contributed by atoms with Crippen molar-refractivity contribution >= 4 is 11.9 Å². The van der Waals surface area contributed by atoms with Gasteiger partial charge in [-0.05, 0) is 52.0 Å². The maximum absolute atomic E-state index is 12.1. The molecule has 1 heterocycles. The van der Waals surface area contributed by atoms with E-state index in [1.807, 2.05) is 0 Å². The van der Waals surface area contributed by atoms with Crippen LogP contribution in [0, 0.1) is 12.8 Å². The van der Waals surface area contributed by atoms with Crippen molar-refractivity contribution < 1.29 is 24.5 Å². The Labute approximate surface area is 123 Å². The number of ether oxygens (including phenoxy) is 1. The highest BCUT2D eigenvalue weighted by Gasteiger charge is 2.37. The van der Waals surface area contributed by atoms with Crippen molar-refractivity contribution in [3.05, 3.63) is 22.5 Å². The van der Waals surface area contributed by atoms with Gasteiger partial charge in [0.1, 0.15) is 11.3 Å². The number of aromatic amines is 1. The van der Waals surface area contributed by atoms with Crippen LogP contribution in [0.25, 0.3) is 0 Å². The van der Waals surface area contributed by atoms with E-state index in [2.05, 4.69) is 4.98 Å². The molecule has 1 aromatic rings. The van der Waals surface area contributed by atoms with Crippen molar-refractivity contribution in [1.82, 2.24) is 4.98 Å². The summed E-state index contributed by atoms with van der Waals surface area (Å²) in [7, 11) is 0. The summed E-state index contributed by atoms with van der Waals surface area (Å²) in [5, 5.41) is 19.5. The van der Waals surface area contributed by atoms with Crippen molar-refractivity contribution in [2.24, 2.45) is 5.92 Å². The predicted molar refractivity (Wildman–Crippen MR) is 75.3 cm³/mol. The SMILES string of the molecule is Cc1c(C(=O)OC(C)(C)C)[nH]c(C(O)C2CC2)c1C(=O)O. The number of esters is 1. The number of carbonyl (C=O) groups is 2. The minimum atomic E-state index is -1.16. The fraction of sp³-hybridized carbons (Fsp3) is 0.600. The first-order chi connectivity index (χ1) is 9.61. The first-order valence-electron chi connectivity index (χ1n) is 6.99. The van der Waals surface area contributed by atoms with Crippen LogP contribution in [0.4, 0.5) is 0 Å². The van der Waals surface area contributed by atoms with Crippen LogP contribution in [0.3, 0.4) is 0 Å². The summed E-state index contributed by atoms with van der Waals surface area (Å²) in [5.41, 5.74) is -0.116. The molecule has 0 aromatic carbocycles. The number of nitrogens with one attached hydrogen (secondary N) is 1. The fourth-order valence-corrected chi connectivity index (χ4v) is 2.30. The average molecular weight is 295 g/mol. The molecule has 0 aliphatic heterocycles. The van der Waals surface area contributed by atoms with Gasteiger partial charge in [0.25, 0.3) is 0 Å². The highest BCUT2D eigenvalue weighted by molar-refractivity contribution is 5.98. The zero-order chi connectivity index (χ0) is 15.9. The first kappa shape index (κ1) is 15.6. The standard InChI is InChI=1S/C15H21NO5/c1-7-9(13(18)19)11(12(17)8-5-6-8)16-10(7)14(20)21-15(2,3)4/h8,12,16-17H,5-6H2,1-4H3,(H,18,19). The van der Waals surface area contributed by atoms with E-state index in [-0.39, 0.29) is 22.9 Å². The minimum absolute atomic E-state index is 0.0322. The molecule has 0 radical (unpaired) electrons. The van der Waals surface area contributed by atoms with E-state index in [0.717, 1.165) is 12.8 Å². The van der Waals surface area contributed by atoms with Crippen LogP contribution in [0.2, 0.25) is 0 Å². The molecular formula is C15H21NO5. The predicted octanol–water partition coefficient (Wildman–Crippen LogP) is 2.42. The van der Waals surface area contributed by atoms with Crippen LogP contribution in [0.5, 0.6) is 0 Å². The van der Waals surface area contributed by atoms with Crippen LogP contribution in [-0.4, -0.2) is 32.7 Å². The van der Waals surface area contributed by atoms with Crippen molar-refractivity contribution in [1.29, 1.82) is 0 Å². The smallest absolute Gasteiger partial charge is 0.355 e. The minimum Gasteiger partial charge on any atom is -0.478 e. The number of aromatic nitrogens is 1. The summed E-state index contributed by atoms with van der Waals surface area (Å²) in [5.74, 6) is -1.71. The van der Waals surface area contributed by atoms with Crippen LogP contribution >= 0.6 is 0 Å². The molecule has 2 rings (SSSR count). The van der Waals surface area contributed by atoms with E-state index in [1.165, 1.54) is 0 Å². The Morgan fingerprint density at radius 1 is 1.33 bits per heavy atom. The number of carbonyl (C=O) groups excluding carboxylic acids is 1. The average Bonchev–Trinajstić information content (AvgIpc) is 3.09. The van der Waals surface area contributed by atoms with E-state index in [4.69, 9.17) is 4.74 Å². The molecule has 0 amide bonds. The van der Waals surface area contributed by atoms with Gasteiger partial charge in [-0.2, -0.15) is 0 Å². The lowest BCUT2D eigenvalue weighted by Crippen LogP contribution is -2.24. The van der Waals surface area contributed by atoms with E-state index in [0.29, 0.717) is 5.56 Å². The molecule has 1 unspecified atom stereocenters. The van der Waals surface area contributed by atoms with Gasteiger partial charge >= 0.3 is 11.9 Å². The summed E-state index contributed by atoms with van der Waals surface area (Å²) in [4.78, 5) is 26.3. The number of carboxylic acids is 1. The van der Waals surface area contributed by atoms with Gasteiger partial charge in [-0.1, -0.05) is 0 Å². The van der Waals surface area contributed by atoms with Gasteiger partial charge in [-0.25, -0.2) is 9.59 Å². The van der Waals surface area contributed by atoms with Gasteiger partial charge in [0.05, 0.1) is 17.4 Å². The molecule has 3 N–H and O–H groups in total. The van der Waals surface area contributed by atoms with Gasteiger partial charge in [-0.3, -0.25) is 0 Å². The number of hydrogen-bond donors (Lipinski definition) is 3. The molecule has 116 valence electrons. The first-order valence-corrected chi connectivity index (χ1v) is 6.99. The fourth-order valence-electron chi connectivity index (χ4n) is 2.30. The number of H-pyrrole nitrogens is 1. The lowest BCUT2D eigenvalue weighted by atomic mass is 10.0. The number of rotatable bonds is 4. The topological polar surface area (TPSA) is 99.6 Å². The maximum Gasteiger partial charge on any atom is 0.355 e. The van der Waals surface area contributed by atoms with Gasteiger partial charge in [0, 0.05) is 0 Å². The van der Waals surface area contributed by atoms with Crippen molar-refractivity contribution in [3.63, 3.8) is 0 Å². The lowest BCUT2D eigenvalue weighted by Gasteiger charge is -2.19. The van der Waals surface area contributed by atoms with E-state index < -0.39 is 23.6 Å². The number of carboxylic acid groups (broad SMARTS) is 1. The third kappa shape index (κ3) is 3.26. The molecule has 6 nitrogen and oxygen atoms in total. The van der Waals surface area contributed by atoms with Crippen LogP contribution in [0.1, 0.15) is 71.8 Å². The molecule has 0 spiro atoms. The Hall–Kier alpha value is -1.82. The summed E-state index contributed by atoms with van der Waals surface area (Å²) in [6, 6.07) is 0. The Morgan fingerprint density at radius 3 is 2.33 bits per heavy atom. The lowest BCUT2D eigenvalue weighted by molar-refractivity contribution is 0.00622. The second kappa shape index (κ2) is 5.18. The summed E-state index contributed by atoms with van der Waals surface area (Å²) in [6.07, 6.45) is 0.839. The Kier molecular flexibility index (Phi) is 3.84. The maximum atomic E-state index is 12.1. The molecule has 0 saturated heterocycles. The molecule has 1 aliphatic rings. The number of aliphatic hydroxyl groups is 1. The number of hydrogen-bond acceptors (Lipinski definition) is 4. The normalized spacial score (nSPS) is 16.6. The zero-order valence-electron chi connectivity index (χ0n) is 12.7. The highest BCUT2D eigenvalue weighted by atomic mass is 16.6. The summed E-state index contributed by atoms with van der Waals surface area (Å²) >= 11 is 0. The van der Waals surface area contributed by atoms with Crippen molar-refractivity contribution in [3.8, 4) is 0 Å². The third-order valence-corrected chi connectivity index (χ3v) is 3.46. The van der Waals surface area contributed by atoms with Crippen LogP contribution in [-0.2, 0) is 4.74 Å².